The van der Waals surface area contributed by atoms with Crippen LogP contribution >= 0.6 is 0 Å². The van der Waals surface area contributed by atoms with E-state index in [4.69, 9.17) is 18.9 Å². The molecule has 4 heterocycles. The third kappa shape index (κ3) is 4.20. The Labute approximate surface area is 225 Å². The molecule has 0 amide bonds. The Morgan fingerprint density at radius 2 is 1.95 bits per heavy atom. The maximum Gasteiger partial charge on any atom is 0.270 e. The Balaban J connectivity index is 1.39. The lowest BCUT2D eigenvalue weighted by Crippen LogP contribution is -2.42. The van der Waals surface area contributed by atoms with E-state index in [1.54, 1.807) is 19.2 Å². The van der Waals surface area contributed by atoms with Gasteiger partial charge in [0.05, 0.1) is 30.0 Å². The van der Waals surface area contributed by atoms with Gasteiger partial charge in [-0.2, -0.15) is 10.5 Å². The fourth-order valence-corrected chi connectivity index (χ4v) is 5.68. The van der Waals surface area contributed by atoms with Crippen LogP contribution in [0.25, 0.3) is 22.0 Å². The molecule has 2 saturated heterocycles. The Bertz CT molecular complexity index is 1740. The highest BCUT2D eigenvalue weighted by atomic mass is 16.5. The van der Waals surface area contributed by atoms with Gasteiger partial charge in [-0.3, -0.25) is 4.79 Å². The maximum absolute atomic E-state index is 13.3. The molecule has 4 aromatic rings. The number of ether oxygens (including phenoxy) is 2. The first-order valence-corrected chi connectivity index (χ1v) is 13.2. The predicted molar refractivity (Wildman–Crippen MR) is 146 cm³/mol. The Morgan fingerprint density at radius 3 is 2.64 bits per heavy atom. The van der Waals surface area contributed by atoms with E-state index < -0.39 is 0 Å². The van der Waals surface area contributed by atoms with Crippen LogP contribution in [0, 0.1) is 29.6 Å². The number of aryl methyl sites for hydroxylation is 2. The van der Waals surface area contributed by atoms with Gasteiger partial charge >= 0.3 is 0 Å². The lowest BCUT2D eigenvalue weighted by molar-refractivity contribution is 0.141. The Morgan fingerprint density at radius 1 is 1.15 bits per heavy atom. The average molecular weight is 524 g/mol. The monoisotopic (exact) mass is 523 g/mol. The molecule has 6 rings (SSSR count). The van der Waals surface area contributed by atoms with Crippen LogP contribution in [-0.2, 0) is 17.2 Å². The number of anilines is 1. The zero-order valence-electron chi connectivity index (χ0n) is 22.3. The molecule has 0 saturated carbocycles. The van der Waals surface area contributed by atoms with Crippen LogP contribution in [0.5, 0.6) is 5.75 Å². The highest BCUT2D eigenvalue weighted by Gasteiger charge is 2.37. The standard InChI is InChI=1S/C30H29N5O4/c1-18-4-5-25-23(12-18)33-29(39-25)30(2)7-9-35(10-8-30)27-21-13-19(15-31)26(38-20-6-11-37-17-20)14-24(21)34(3)28(36)22(27)16-32/h4-5,12-14,20H,6-11,17H2,1-3H3. The van der Waals surface area contributed by atoms with Crippen molar-refractivity contribution in [3.8, 4) is 17.9 Å². The number of hydrogen-bond acceptors (Lipinski definition) is 8. The number of benzene rings is 2. The molecule has 2 aliphatic rings. The first-order chi connectivity index (χ1) is 18.8. The minimum Gasteiger partial charge on any atom is -0.486 e. The summed E-state index contributed by atoms with van der Waals surface area (Å²) in [6, 6.07) is 13.9. The minimum atomic E-state index is -0.373. The summed E-state index contributed by atoms with van der Waals surface area (Å²) < 4.78 is 19.1. The van der Waals surface area contributed by atoms with Crippen LogP contribution in [0.3, 0.4) is 0 Å². The first-order valence-electron chi connectivity index (χ1n) is 13.2. The van der Waals surface area contributed by atoms with Gasteiger partial charge in [-0.1, -0.05) is 13.0 Å². The normalized spacial score (nSPS) is 18.8. The molecule has 9 nitrogen and oxygen atoms in total. The topological polar surface area (TPSA) is 117 Å². The minimum absolute atomic E-state index is 0.0766. The summed E-state index contributed by atoms with van der Waals surface area (Å²) in [5.41, 5.74) is 3.72. The van der Waals surface area contributed by atoms with Gasteiger partial charge in [-0.25, -0.2) is 4.98 Å². The smallest absolute Gasteiger partial charge is 0.270 e. The SMILES string of the molecule is Cc1ccc2oc(C3(C)CCN(c4c(C#N)c(=O)n(C)c5cc(OC6CCOC6)c(C#N)cc45)CC3)nc2c1. The summed E-state index contributed by atoms with van der Waals surface area (Å²) >= 11 is 0. The number of pyridine rings is 1. The number of nitrogens with zero attached hydrogens (tertiary/aromatic N) is 5. The van der Waals surface area contributed by atoms with Gasteiger partial charge in [0.15, 0.2) is 5.58 Å². The molecule has 1 atom stereocenters. The number of hydrogen-bond donors (Lipinski definition) is 0. The van der Waals surface area contributed by atoms with Crippen LogP contribution in [-0.4, -0.2) is 42.0 Å². The molecule has 198 valence electrons. The van der Waals surface area contributed by atoms with Crippen molar-refractivity contribution in [2.75, 3.05) is 31.2 Å². The molecule has 0 aliphatic carbocycles. The van der Waals surface area contributed by atoms with Crippen molar-refractivity contribution in [3.63, 3.8) is 0 Å². The van der Waals surface area contributed by atoms with Crippen LogP contribution < -0.4 is 15.2 Å². The van der Waals surface area contributed by atoms with E-state index in [0.717, 1.165) is 35.9 Å². The van der Waals surface area contributed by atoms with Crippen molar-refractivity contribution in [3.05, 3.63) is 63.3 Å². The summed E-state index contributed by atoms with van der Waals surface area (Å²) in [6.45, 7) is 6.47. The van der Waals surface area contributed by atoms with E-state index in [9.17, 15) is 15.3 Å². The predicted octanol–water partition coefficient (Wildman–Crippen LogP) is 4.46. The van der Waals surface area contributed by atoms with Gasteiger partial charge in [0.25, 0.3) is 5.56 Å². The number of aromatic nitrogens is 2. The Hall–Kier alpha value is -4.34. The summed E-state index contributed by atoms with van der Waals surface area (Å²) in [7, 11) is 1.64. The number of rotatable bonds is 4. The van der Waals surface area contributed by atoms with Gasteiger partial charge in [-0.05, 0) is 43.5 Å². The quantitative estimate of drug-likeness (QED) is 0.385. The molecule has 0 spiro atoms. The highest BCUT2D eigenvalue weighted by Crippen LogP contribution is 2.40. The van der Waals surface area contributed by atoms with Crippen LogP contribution in [0.15, 0.2) is 39.5 Å². The van der Waals surface area contributed by atoms with Crippen molar-refractivity contribution in [2.24, 2.45) is 7.05 Å². The van der Waals surface area contributed by atoms with E-state index in [1.807, 2.05) is 25.1 Å². The van der Waals surface area contributed by atoms with Crippen LogP contribution in [0.1, 0.15) is 48.8 Å². The maximum atomic E-state index is 13.3. The highest BCUT2D eigenvalue weighted by molar-refractivity contribution is 5.97. The summed E-state index contributed by atoms with van der Waals surface area (Å²) in [5, 5.41) is 20.7. The number of nitriles is 2. The van der Waals surface area contributed by atoms with E-state index >= 15 is 0 Å². The third-order valence-electron chi connectivity index (χ3n) is 8.13. The molecule has 1 unspecified atom stereocenters. The number of oxazole rings is 1. The van der Waals surface area contributed by atoms with Crippen molar-refractivity contribution in [2.45, 2.75) is 44.6 Å². The second-order valence-electron chi connectivity index (χ2n) is 10.8. The molecule has 9 heteroatoms. The molecular formula is C30H29N5O4. The molecule has 2 aromatic heterocycles. The van der Waals surface area contributed by atoms with Gasteiger partial charge in [0.1, 0.15) is 35.1 Å². The third-order valence-corrected chi connectivity index (χ3v) is 8.13. The fraction of sp³-hybridized carbons (Fsp3) is 0.400. The van der Waals surface area contributed by atoms with Crippen molar-refractivity contribution in [1.82, 2.24) is 9.55 Å². The van der Waals surface area contributed by atoms with Gasteiger partial charge in [-0.15, -0.1) is 0 Å². The summed E-state index contributed by atoms with van der Waals surface area (Å²) in [6.07, 6.45) is 2.06. The fourth-order valence-electron chi connectivity index (χ4n) is 5.68. The van der Waals surface area contributed by atoms with E-state index in [-0.39, 0.29) is 22.6 Å². The summed E-state index contributed by atoms with van der Waals surface area (Å²) in [4.78, 5) is 20.2. The Kier molecular flexibility index (Phi) is 6.05. The van der Waals surface area contributed by atoms with E-state index in [2.05, 4.69) is 24.0 Å². The van der Waals surface area contributed by atoms with Gasteiger partial charge in [0.2, 0.25) is 5.89 Å². The van der Waals surface area contributed by atoms with E-state index in [1.165, 1.54) is 4.57 Å². The number of piperidine rings is 1. The second kappa shape index (κ2) is 9.44. The summed E-state index contributed by atoms with van der Waals surface area (Å²) in [5.74, 6) is 1.13. The second-order valence-corrected chi connectivity index (χ2v) is 10.8. The largest absolute Gasteiger partial charge is 0.486 e. The van der Waals surface area contributed by atoms with Crippen molar-refractivity contribution in [1.29, 1.82) is 10.5 Å². The van der Waals surface area contributed by atoms with Gasteiger partial charge < -0.3 is 23.4 Å². The first kappa shape index (κ1) is 25.0. The molecule has 2 aromatic carbocycles. The van der Waals surface area contributed by atoms with Crippen molar-refractivity contribution < 1.29 is 13.9 Å². The average Bonchev–Trinajstić information content (AvgIpc) is 3.61. The molecular weight excluding hydrogens is 494 g/mol. The molecule has 39 heavy (non-hydrogen) atoms. The molecule has 0 bridgehead atoms. The molecule has 0 N–H and O–H groups in total. The zero-order valence-corrected chi connectivity index (χ0v) is 22.3. The van der Waals surface area contributed by atoms with Gasteiger partial charge in [0, 0.05) is 43.4 Å². The zero-order chi connectivity index (χ0) is 27.3. The molecule has 2 fully saturated rings. The lowest BCUT2D eigenvalue weighted by Gasteiger charge is -2.39. The molecule has 2 aliphatic heterocycles. The number of fused-ring (bicyclic) bond motifs is 2. The van der Waals surface area contributed by atoms with Crippen molar-refractivity contribution >= 4 is 27.7 Å². The van der Waals surface area contributed by atoms with Crippen LogP contribution in [0.4, 0.5) is 5.69 Å². The van der Waals surface area contributed by atoms with E-state index in [0.29, 0.717) is 60.1 Å². The lowest BCUT2D eigenvalue weighted by atomic mass is 9.80. The van der Waals surface area contributed by atoms with Crippen LogP contribution in [0.2, 0.25) is 0 Å². The molecule has 0 radical (unpaired) electrons.